The number of aryl methyl sites for hydroxylation is 1. The molecule has 0 aliphatic heterocycles. The van der Waals surface area contributed by atoms with Crippen LogP contribution in [0, 0.1) is 6.92 Å². The van der Waals surface area contributed by atoms with E-state index >= 15 is 0 Å². The SMILES string of the molecule is Cc1cnc(Cn2c(CCl)nc3cnccc32)o1. The van der Waals surface area contributed by atoms with Crippen LogP contribution in [-0.2, 0) is 12.4 Å². The summed E-state index contributed by atoms with van der Waals surface area (Å²) < 4.78 is 7.48. The van der Waals surface area contributed by atoms with E-state index in [-0.39, 0.29) is 0 Å². The molecule has 0 N–H and O–H groups in total. The first kappa shape index (κ1) is 11.2. The minimum absolute atomic E-state index is 0.342. The third-order valence-corrected chi connectivity index (χ3v) is 2.95. The minimum atomic E-state index is 0.342. The molecule has 0 bridgehead atoms. The Hall–Kier alpha value is -1.88. The van der Waals surface area contributed by atoms with E-state index in [0.29, 0.717) is 18.3 Å². The molecule has 18 heavy (non-hydrogen) atoms. The first-order valence-electron chi connectivity index (χ1n) is 5.54. The monoisotopic (exact) mass is 262 g/mol. The van der Waals surface area contributed by atoms with Gasteiger partial charge in [0.05, 0.1) is 23.8 Å². The Morgan fingerprint density at radius 1 is 1.39 bits per heavy atom. The van der Waals surface area contributed by atoms with Crippen molar-refractivity contribution in [1.82, 2.24) is 19.5 Å². The first-order chi connectivity index (χ1) is 8.78. The highest BCUT2D eigenvalue weighted by molar-refractivity contribution is 6.16. The molecule has 3 rings (SSSR count). The molecule has 5 nitrogen and oxygen atoms in total. The molecule has 0 unspecified atom stereocenters. The molecular formula is C12H11ClN4O. The van der Waals surface area contributed by atoms with Gasteiger partial charge in [-0.3, -0.25) is 4.98 Å². The zero-order valence-corrected chi connectivity index (χ0v) is 10.6. The predicted octanol–water partition coefficient (Wildman–Crippen LogP) is 2.51. The number of hydrogen-bond donors (Lipinski definition) is 0. The number of nitrogens with zero attached hydrogens (tertiary/aromatic N) is 4. The fourth-order valence-electron chi connectivity index (χ4n) is 1.92. The number of hydrogen-bond acceptors (Lipinski definition) is 4. The summed E-state index contributed by atoms with van der Waals surface area (Å²) in [5.74, 6) is 2.57. The van der Waals surface area contributed by atoms with Crippen molar-refractivity contribution in [3.8, 4) is 0 Å². The molecule has 6 heteroatoms. The molecule has 0 aromatic carbocycles. The summed E-state index contributed by atoms with van der Waals surface area (Å²) in [5.41, 5.74) is 1.81. The van der Waals surface area contributed by atoms with E-state index in [1.54, 1.807) is 18.6 Å². The molecule has 3 aromatic heterocycles. The lowest BCUT2D eigenvalue weighted by Gasteiger charge is -2.04. The molecule has 0 amide bonds. The number of imidazole rings is 1. The highest BCUT2D eigenvalue weighted by atomic mass is 35.5. The van der Waals surface area contributed by atoms with Gasteiger partial charge in [0.25, 0.3) is 0 Å². The summed E-state index contributed by atoms with van der Waals surface area (Å²) in [4.78, 5) is 12.7. The average molecular weight is 263 g/mol. The van der Waals surface area contributed by atoms with Gasteiger partial charge in [0.2, 0.25) is 5.89 Å². The lowest BCUT2D eigenvalue weighted by atomic mass is 10.4. The van der Waals surface area contributed by atoms with Crippen LogP contribution in [0.25, 0.3) is 11.0 Å². The van der Waals surface area contributed by atoms with E-state index in [9.17, 15) is 0 Å². The molecule has 3 heterocycles. The number of rotatable bonds is 3. The van der Waals surface area contributed by atoms with Gasteiger partial charge in [-0.15, -0.1) is 11.6 Å². The summed E-state index contributed by atoms with van der Waals surface area (Å²) in [7, 11) is 0. The Kier molecular flexibility index (Phi) is 2.76. The van der Waals surface area contributed by atoms with Crippen molar-refractivity contribution >= 4 is 22.6 Å². The largest absolute Gasteiger partial charge is 0.444 e. The maximum atomic E-state index is 5.92. The van der Waals surface area contributed by atoms with Gasteiger partial charge >= 0.3 is 0 Å². The van der Waals surface area contributed by atoms with Gasteiger partial charge in [-0.05, 0) is 13.0 Å². The first-order valence-corrected chi connectivity index (χ1v) is 6.08. The van der Waals surface area contributed by atoms with Gasteiger partial charge < -0.3 is 8.98 Å². The van der Waals surface area contributed by atoms with Crippen molar-refractivity contribution < 1.29 is 4.42 Å². The standard InChI is InChI=1S/C12H11ClN4O/c1-8-5-15-12(18-8)7-17-10-2-3-14-6-9(10)16-11(17)4-13/h2-3,5-6H,4,7H2,1H3. The van der Waals surface area contributed by atoms with Crippen molar-refractivity contribution in [2.24, 2.45) is 0 Å². The highest BCUT2D eigenvalue weighted by Crippen LogP contribution is 2.18. The van der Waals surface area contributed by atoms with Crippen LogP contribution in [0.5, 0.6) is 0 Å². The van der Waals surface area contributed by atoms with Crippen LogP contribution >= 0.6 is 11.6 Å². The second-order valence-electron chi connectivity index (χ2n) is 3.98. The Balaban J connectivity index is 2.09. The van der Waals surface area contributed by atoms with E-state index in [1.807, 2.05) is 17.6 Å². The third-order valence-electron chi connectivity index (χ3n) is 2.71. The summed E-state index contributed by atoms with van der Waals surface area (Å²) in [6.45, 7) is 2.39. The predicted molar refractivity (Wildman–Crippen MR) is 67.4 cm³/mol. The number of oxazole rings is 1. The molecule has 0 aliphatic rings. The van der Waals surface area contributed by atoms with Crippen LogP contribution in [-0.4, -0.2) is 19.5 Å². The van der Waals surface area contributed by atoms with Crippen LogP contribution in [0.2, 0.25) is 0 Å². The van der Waals surface area contributed by atoms with E-state index in [0.717, 1.165) is 22.6 Å². The van der Waals surface area contributed by atoms with Gasteiger partial charge in [-0.2, -0.15) is 0 Å². The minimum Gasteiger partial charge on any atom is -0.444 e. The fraction of sp³-hybridized carbons (Fsp3) is 0.250. The summed E-state index contributed by atoms with van der Waals surface area (Å²) in [6.07, 6.45) is 5.17. The smallest absolute Gasteiger partial charge is 0.214 e. The molecule has 92 valence electrons. The quantitative estimate of drug-likeness (QED) is 0.681. The van der Waals surface area contributed by atoms with E-state index < -0.39 is 0 Å². The molecular weight excluding hydrogens is 252 g/mol. The van der Waals surface area contributed by atoms with Crippen LogP contribution < -0.4 is 0 Å². The van der Waals surface area contributed by atoms with Crippen molar-refractivity contribution in [2.75, 3.05) is 0 Å². The maximum Gasteiger partial charge on any atom is 0.214 e. The van der Waals surface area contributed by atoms with Gasteiger partial charge in [0.15, 0.2) is 0 Å². The lowest BCUT2D eigenvalue weighted by molar-refractivity contribution is 0.457. The molecule has 0 atom stereocenters. The lowest BCUT2D eigenvalue weighted by Crippen LogP contribution is -2.04. The number of halogens is 1. The normalized spacial score (nSPS) is 11.2. The van der Waals surface area contributed by atoms with Gasteiger partial charge in [-0.1, -0.05) is 0 Å². The molecule has 0 fully saturated rings. The number of alkyl halides is 1. The Morgan fingerprint density at radius 2 is 2.28 bits per heavy atom. The van der Waals surface area contributed by atoms with Crippen LogP contribution in [0.3, 0.4) is 0 Å². The van der Waals surface area contributed by atoms with Crippen molar-refractivity contribution in [3.05, 3.63) is 42.1 Å². The second kappa shape index (κ2) is 4.42. The number of fused-ring (bicyclic) bond motifs is 1. The van der Waals surface area contributed by atoms with Gasteiger partial charge in [0, 0.05) is 6.20 Å². The van der Waals surface area contributed by atoms with Crippen molar-refractivity contribution in [2.45, 2.75) is 19.3 Å². The van der Waals surface area contributed by atoms with Crippen molar-refractivity contribution in [1.29, 1.82) is 0 Å². The number of aromatic nitrogens is 4. The molecule has 0 spiro atoms. The second-order valence-corrected chi connectivity index (χ2v) is 4.24. The molecule has 0 radical (unpaired) electrons. The van der Waals surface area contributed by atoms with E-state index in [2.05, 4.69) is 15.0 Å². The van der Waals surface area contributed by atoms with E-state index in [1.165, 1.54) is 0 Å². The fourth-order valence-corrected chi connectivity index (χ4v) is 2.12. The van der Waals surface area contributed by atoms with Crippen molar-refractivity contribution in [3.63, 3.8) is 0 Å². The Labute approximate surface area is 108 Å². The average Bonchev–Trinajstić information content (AvgIpc) is 2.94. The molecule has 0 saturated carbocycles. The Morgan fingerprint density at radius 3 is 3.00 bits per heavy atom. The summed E-state index contributed by atoms with van der Waals surface area (Å²) in [5, 5.41) is 0. The van der Waals surface area contributed by atoms with Crippen LogP contribution in [0.4, 0.5) is 0 Å². The zero-order chi connectivity index (χ0) is 12.5. The molecule has 3 aromatic rings. The topological polar surface area (TPSA) is 56.7 Å². The third kappa shape index (κ3) is 1.86. The molecule has 0 aliphatic carbocycles. The highest BCUT2D eigenvalue weighted by Gasteiger charge is 2.12. The van der Waals surface area contributed by atoms with Gasteiger partial charge in [0.1, 0.15) is 23.6 Å². The summed E-state index contributed by atoms with van der Waals surface area (Å²) >= 11 is 5.92. The van der Waals surface area contributed by atoms with Crippen LogP contribution in [0.1, 0.15) is 17.5 Å². The summed E-state index contributed by atoms with van der Waals surface area (Å²) in [6, 6.07) is 1.91. The molecule has 0 saturated heterocycles. The van der Waals surface area contributed by atoms with Crippen LogP contribution in [0.15, 0.2) is 29.1 Å². The van der Waals surface area contributed by atoms with Gasteiger partial charge in [-0.25, -0.2) is 9.97 Å². The maximum absolute atomic E-state index is 5.92. The zero-order valence-electron chi connectivity index (χ0n) is 9.80. The Bertz CT molecular complexity index is 688. The number of pyridine rings is 1. The van der Waals surface area contributed by atoms with E-state index in [4.69, 9.17) is 16.0 Å².